The summed E-state index contributed by atoms with van der Waals surface area (Å²) in [6, 6.07) is 0.311. The van der Waals surface area contributed by atoms with Crippen LogP contribution in [0.4, 0.5) is 14.5 Å². The van der Waals surface area contributed by atoms with Crippen LogP contribution in [0.25, 0.3) is 0 Å². The van der Waals surface area contributed by atoms with Gasteiger partial charge < -0.3 is 11.5 Å². The molecule has 0 amide bonds. The predicted octanol–water partition coefficient (Wildman–Crippen LogP) is 0.832. The molecule has 0 unspecified atom stereocenters. The van der Waals surface area contributed by atoms with Gasteiger partial charge in [-0.1, -0.05) is 0 Å². The summed E-state index contributed by atoms with van der Waals surface area (Å²) in [4.78, 5) is 9.70. The van der Waals surface area contributed by atoms with Crippen molar-refractivity contribution in [2.75, 3.05) is 6.54 Å². The van der Waals surface area contributed by atoms with Crippen LogP contribution in [0.1, 0.15) is 11.6 Å². The predicted molar refractivity (Wildman–Crippen MR) is 49.0 cm³/mol. The van der Waals surface area contributed by atoms with Gasteiger partial charge in [-0.05, 0) is 6.07 Å². The van der Waals surface area contributed by atoms with Crippen molar-refractivity contribution < 1.29 is 13.7 Å². The number of hydrogen-bond acceptors (Lipinski definition) is 4. The highest BCUT2D eigenvalue weighted by Crippen LogP contribution is 2.26. The van der Waals surface area contributed by atoms with Crippen LogP contribution >= 0.6 is 0 Å². The van der Waals surface area contributed by atoms with Gasteiger partial charge in [-0.2, -0.15) is 0 Å². The lowest BCUT2D eigenvalue weighted by atomic mass is 10.1. The van der Waals surface area contributed by atoms with Crippen molar-refractivity contribution in [3.63, 3.8) is 0 Å². The third kappa shape index (κ3) is 2.25. The molecule has 1 aromatic rings. The average Bonchev–Trinajstić information content (AvgIpc) is 2.20. The Bertz CT molecular complexity index is 398. The van der Waals surface area contributed by atoms with E-state index in [1.165, 1.54) is 0 Å². The first kappa shape index (κ1) is 11.5. The van der Waals surface area contributed by atoms with Gasteiger partial charge in [0.25, 0.3) is 5.69 Å². The number of halogens is 2. The zero-order valence-corrected chi connectivity index (χ0v) is 7.61. The second-order valence-electron chi connectivity index (χ2n) is 2.92. The van der Waals surface area contributed by atoms with E-state index in [1.807, 2.05) is 0 Å². The van der Waals surface area contributed by atoms with Gasteiger partial charge in [0.05, 0.1) is 16.6 Å². The Hall–Kier alpha value is -1.60. The van der Waals surface area contributed by atoms with Crippen molar-refractivity contribution in [3.05, 3.63) is 39.4 Å². The quantitative estimate of drug-likeness (QED) is 0.579. The van der Waals surface area contributed by atoms with Crippen LogP contribution in [0.2, 0.25) is 0 Å². The summed E-state index contributed by atoms with van der Waals surface area (Å²) < 4.78 is 25.6. The molecule has 5 nitrogen and oxygen atoms in total. The van der Waals surface area contributed by atoms with Crippen molar-refractivity contribution in [2.45, 2.75) is 6.04 Å². The summed E-state index contributed by atoms with van der Waals surface area (Å²) in [6.45, 7) is -0.0914. The molecule has 15 heavy (non-hydrogen) atoms. The van der Waals surface area contributed by atoms with Gasteiger partial charge >= 0.3 is 0 Å². The van der Waals surface area contributed by atoms with Gasteiger partial charge in [-0.15, -0.1) is 0 Å². The molecule has 0 bridgehead atoms. The van der Waals surface area contributed by atoms with E-state index < -0.39 is 28.3 Å². The maximum Gasteiger partial charge on any atom is 0.277 e. The van der Waals surface area contributed by atoms with E-state index in [4.69, 9.17) is 11.5 Å². The first-order valence-corrected chi connectivity index (χ1v) is 4.06. The van der Waals surface area contributed by atoms with Gasteiger partial charge in [0.2, 0.25) is 0 Å². The number of rotatable bonds is 3. The number of hydrogen-bond donors (Lipinski definition) is 2. The average molecular weight is 217 g/mol. The maximum absolute atomic E-state index is 12.8. The van der Waals surface area contributed by atoms with Crippen LogP contribution in [0.5, 0.6) is 0 Å². The molecule has 0 radical (unpaired) electrons. The Morgan fingerprint density at radius 1 is 1.40 bits per heavy atom. The second-order valence-corrected chi connectivity index (χ2v) is 2.92. The fourth-order valence-electron chi connectivity index (χ4n) is 1.13. The van der Waals surface area contributed by atoms with Gasteiger partial charge in [0, 0.05) is 12.6 Å². The monoisotopic (exact) mass is 217 g/mol. The lowest BCUT2D eigenvalue weighted by Crippen LogP contribution is -2.22. The van der Waals surface area contributed by atoms with Crippen molar-refractivity contribution >= 4 is 5.69 Å². The molecule has 0 aromatic heterocycles. The lowest BCUT2D eigenvalue weighted by Gasteiger charge is -2.09. The Morgan fingerprint density at radius 3 is 2.40 bits per heavy atom. The zero-order chi connectivity index (χ0) is 11.6. The molecule has 7 heteroatoms. The molecule has 0 aliphatic heterocycles. The normalized spacial score (nSPS) is 12.5. The van der Waals surface area contributed by atoms with E-state index >= 15 is 0 Å². The highest BCUT2D eigenvalue weighted by molar-refractivity contribution is 5.43. The number of benzene rings is 1. The topological polar surface area (TPSA) is 95.2 Å². The minimum Gasteiger partial charge on any atom is -0.329 e. The van der Waals surface area contributed by atoms with Gasteiger partial charge in [0.15, 0.2) is 11.6 Å². The molecule has 4 N–H and O–H groups in total. The fourth-order valence-corrected chi connectivity index (χ4v) is 1.13. The minimum atomic E-state index is -1.28. The van der Waals surface area contributed by atoms with E-state index in [2.05, 4.69) is 0 Å². The molecular formula is C8H9F2N3O2. The molecule has 1 aromatic carbocycles. The van der Waals surface area contributed by atoms with Crippen LogP contribution in [-0.2, 0) is 0 Å². The summed E-state index contributed by atoms with van der Waals surface area (Å²) in [6.07, 6.45) is 0. The molecule has 0 aliphatic rings. The lowest BCUT2D eigenvalue weighted by molar-refractivity contribution is -0.386. The molecule has 0 saturated carbocycles. The van der Waals surface area contributed by atoms with Gasteiger partial charge in [0.1, 0.15) is 0 Å². The van der Waals surface area contributed by atoms with Crippen molar-refractivity contribution in [1.82, 2.24) is 0 Å². The summed E-state index contributed by atoms with van der Waals surface area (Å²) in [7, 11) is 0. The molecule has 1 rings (SSSR count). The van der Waals surface area contributed by atoms with E-state index in [-0.39, 0.29) is 12.1 Å². The first-order valence-electron chi connectivity index (χ1n) is 4.06. The van der Waals surface area contributed by atoms with E-state index in [0.717, 1.165) is 0 Å². The summed E-state index contributed by atoms with van der Waals surface area (Å²) in [5.41, 5.74) is 9.96. The molecule has 0 aliphatic carbocycles. The fraction of sp³-hybridized carbons (Fsp3) is 0.250. The van der Waals surface area contributed by atoms with Crippen LogP contribution in [0.3, 0.4) is 0 Å². The highest BCUT2D eigenvalue weighted by Gasteiger charge is 2.22. The van der Waals surface area contributed by atoms with Crippen LogP contribution in [0.15, 0.2) is 12.1 Å². The molecule has 1 atom stereocenters. The van der Waals surface area contributed by atoms with Crippen molar-refractivity contribution in [1.29, 1.82) is 0 Å². The molecule has 0 fully saturated rings. The van der Waals surface area contributed by atoms with Crippen LogP contribution in [0, 0.1) is 21.7 Å². The molecule has 0 saturated heterocycles. The van der Waals surface area contributed by atoms with E-state index in [1.54, 1.807) is 0 Å². The molecule has 0 heterocycles. The Morgan fingerprint density at radius 2 is 1.93 bits per heavy atom. The molecule has 82 valence electrons. The van der Waals surface area contributed by atoms with E-state index in [0.29, 0.717) is 12.1 Å². The standard InChI is InChI=1S/C8H9F2N3O2/c9-5-1-4(7(12)3-11)8(13(14)15)2-6(5)10/h1-2,7H,3,11-12H2/t7-/m0/s1. The van der Waals surface area contributed by atoms with Crippen LogP contribution < -0.4 is 11.5 Å². The van der Waals surface area contributed by atoms with Crippen LogP contribution in [-0.4, -0.2) is 11.5 Å². The van der Waals surface area contributed by atoms with E-state index in [9.17, 15) is 18.9 Å². The summed E-state index contributed by atoms with van der Waals surface area (Å²) >= 11 is 0. The number of nitro benzene ring substituents is 1. The molecular weight excluding hydrogens is 208 g/mol. The van der Waals surface area contributed by atoms with Gasteiger partial charge in [-0.3, -0.25) is 10.1 Å². The second kappa shape index (κ2) is 4.28. The Kier molecular flexibility index (Phi) is 3.28. The third-order valence-electron chi connectivity index (χ3n) is 1.92. The summed E-state index contributed by atoms with van der Waals surface area (Å²) in [5.74, 6) is -2.46. The first-order chi connectivity index (χ1) is 6.97. The largest absolute Gasteiger partial charge is 0.329 e. The maximum atomic E-state index is 12.8. The number of nitrogens with two attached hydrogens (primary N) is 2. The van der Waals surface area contributed by atoms with Crippen molar-refractivity contribution in [3.8, 4) is 0 Å². The third-order valence-corrected chi connectivity index (χ3v) is 1.92. The van der Waals surface area contributed by atoms with Gasteiger partial charge in [-0.25, -0.2) is 8.78 Å². The Labute approximate surface area is 83.8 Å². The number of nitrogens with zero attached hydrogens (tertiary/aromatic N) is 1. The number of nitro groups is 1. The SMILES string of the molecule is NC[C@H](N)c1cc(F)c(F)cc1[N+](=O)[O-]. The van der Waals surface area contributed by atoms with Crippen molar-refractivity contribution in [2.24, 2.45) is 11.5 Å². The molecule has 0 spiro atoms. The minimum absolute atomic E-state index is 0.0914. The Balaban J connectivity index is 3.34. The smallest absolute Gasteiger partial charge is 0.277 e. The highest BCUT2D eigenvalue weighted by atomic mass is 19.2. The zero-order valence-electron chi connectivity index (χ0n) is 7.61. The summed E-state index contributed by atoms with van der Waals surface area (Å²) in [5, 5.41) is 10.5.